The Labute approximate surface area is 168 Å². The van der Waals surface area contributed by atoms with Crippen molar-refractivity contribution in [1.29, 1.82) is 5.26 Å². The first kappa shape index (κ1) is 17.4. The van der Waals surface area contributed by atoms with E-state index in [2.05, 4.69) is 18.2 Å². The second-order valence-corrected chi connectivity index (χ2v) is 8.96. The molecule has 3 aromatic rings. The van der Waals surface area contributed by atoms with Crippen molar-refractivity contribution in [2.45, 2.75) is 25.4 Å². The number of benzene rings is 1. The molecule has 0 amide bonds. The van der Waals surface area contributed by atoms with Gasteiger partial charge in [0.05, 0.1) is 30.3 Å². The minimum atomic E-state index is 0.167. The van der Waals surface area contributed by atoms with E-state index in [1.54, 1.807) is 16.2 Å². The largest absolute Gasteiger partial charge is 0.330 e. The van der Waals surface area contributed by atoms with Crippen LogP contribution in [-0.4, -0.2) is 17.7 Å². The summed E-state index contributed by atoms with van der Waals surface area (Å²) >= 11 is 1.63. The molecule has 2 aliphatic rings. The number of nitrogens with one attached hydrogen (secondary N) is 1. The fraction of sp³-hybridized carbons (Fsp3) is 0.304. The highest BCUT2D eigenvalue weighted by Crippen LogP contribution is 2.32. The van der Waals surface area contributed by atoms with Gasteiger partial charge in [-0.15, -0.1) is 11.3 Å². The van der Waals surface area contributed by atoms with Gasteiger partial charge in [0.2, 0.25) is 0 Å². The van der Waals surface area contributed by atoms with Gasteiger partial charge in [-0.25, -0.2) is 0 Å². The topological polar surface area (TPSA) is 50.2 Å². The van der Waals surface area contributed by atoms with E-state index in [-0.39, 0.29) is 5.56 Å². The highest BCUT2D eigenvalue weighted by atomic mass is 32.1. The first-order valence-corrected chi connectivity index (χ1v) is 10.7. The van der Waals surface area contributed by atoms with Gasteiger partial charge in [-0.1, -0.05) is 18.2 Å². The van der Waals surface area contributed by atoms with Gasteiger partial charge in [0.25, 0.3) is 5.56 Å². The summed E-state index contributed by atoms with van der Waals surface area (Å²) in [5.41, 5.74) is 4.15. The van der Waals surface area contributed by atoms with Gasteiger partial charge in [0.15, 0.2) is 0 Å². The molecule has 1 fully saturated rings. The van der Waals surface area contributed by atoms with E-state index in [4.69, 9.17) is 5.26 Å². The van der Waals surface area contributed by atoms with Crippen molar-refractivity contribution in [3.8, 4) is 16.5 Å². The Morgan fingerprint density at radius 2 is 2.11 bits per heavy atom. The molecule has 28 heavy (non-hydrogen) atoms. The summed E-state index contributed by atoms with van der Waals surface area (Å²) in [5, 5.41) is 11.2. The molecule has 1 aromatic carbocycles. The van der Waals surface area contributed by atoms with Crippen LogP contribution >= 0.6 is 11.3 Å². The lowest BCUT2D eigenvalue weighted by atomic mass is 9.82. The molecule has 0 radical (unpaired) electrons. The van der Waals surface area contributed by atoms with Crippen molar-refractivity contribution in [3.05, 3.63) is 81.1 Å². The van der Waals surface area contributed by atoms with Crippen molar-refractivity contribution in [2.75, 3.05) is 13.1 Å². The Hall–Kier alpha value is -2.68. The molecule has 2 bridgehead atoms. The van der Waals surface area contributed by atoms with Gasteiger partial charge < -0.3 is 9.47 Å². The van der Waals surface area contributed by atoms with Gasteiger partial charge in [0, 0.05) is 34.5 Å². The number of nitriles is 1. The Morgan fingerprint density at radius 1 is 1.18 bits per heavy atom. The maximum Gasteiger partial charge on any atom is 0.259 e. The second kappa shape index (κ2) is 7.05. The number of hydrogen-bond donors (Lipinski definition) is 1. The van der Waals surface area contributed by atoms with E-state index in [1.807, 2.05) is 46.3 Å². The molecule has 1 N–H and O–H groups in total. The number of likely N-dealkylation sites (tertiary alicyclic amines) is 1. The molecule has 2 aromatic heterocycles. The SMILES string of the molecule is N#Cc1cccc(C[NH+]2C[C@@H]3C[C@H](C2)c2ccc(-c4cccs4)c(=O)n2C3)c1. The van der Waals surface area contributed by atoms with Crippen LogP contribution in [0.4, 0.5) is 0 Å². The third-order valence-corrected chi connectivity index (χ3v) is 7.00. The van der Waals surface area contributed by atoms with Gasteiger partial charge in [0.1, 0.15) is 6.54 Å². The monoisotopic (exact) mass is 388 g/mol. The van der Waals surface area contributed by atoms with Crippen molar-refractivity contribution >= 4 is 11.3 Å². The summed E-state index contributed by atoms with van der Waals surface area (Å²) in [6.45, 7) is 3.90. The molecule has 2 aliphatic heterocycles. The van der Waals surface area contributed by atoms with E-state index >= 15 is 0 Å². The molecular formula is C23H22N3OS+. The smallest absolute Gasteiger partial charge is 0.259 e. The third-order valence-electron chi connectivity index (χ3n) is 6.09. The maximum atomic E-state index is 13.1. The van der Waals surface area contributed by atoms with E-state index in [0.717, 1.165) is 42.2 Å². The summed E-state index contributed by atoms with van der Waals surface area (Å²) in [4.78, 5) is 15.7. The number of hydrogen-bond acceptors (Lipinski definition) is 3. The van der Waals surface area contributed by atoms with Crippen molar-refractivity contribution < 1.29 is 4.90 Å². The minimum Gasteiger partial charge on any atom is -0.330 e. The van der Waals surface area contributed by atoms with Crippen LogP contribution in [0.1, 0.15) is 29.2 Å². The van der Waals surface area contributed by atoms with Crippen LogP contribution in [0.25, 0.3) is 10.4 Å². The quantitative estimate of drug-likeness (QED) is 0.750. The molecule has 0 saturated carbocycles. The van der Waals surface area contributed by atoms with Gasteiger partial charge in [-0.3, -0.25) is 4.79 Å². The molecule has 3 atom stereocenters. The van der Waals surface area contributed by atoms with Gasteiger partial charge in [-0.2, -0.15) is 5.26 Å². The van der Waals surface area contributed by atoms with Crippen LogP contribution in [0.2, 0.25) is 0 Å². The summed E-state index contributed by atoms with van der Waals surface area (Å²) in [6, 6.07) is 18.4. The summed E-state index contributed by atoms with van der Waals surface area (Å²) in [6.07, 6.45) is 1.18. The van der Waals surface area contributed by atoms with Crippen LogP contribution in [0.3, 0.4) is 0 Å². The van der Waals surface area contributed by atoms with E-state index in [0.29, 0.717) is 11.8 Å². The average molecular weight is 389 g/mol. The fourth-order valence-electron chi connectivity index (χ4n) is 4.97. The second-order valence-electron chi connectivity index (χ2n) is 8.01. The molecule has 1 saturated heterocycles. The predicted molar refractivity (Wildman–Crippen MR) is 110 cm³/mol. The van der Waals surface area contributed by atoms with Crippen LogP contribution < -0.4 is 10.5 Å². The summed E-state index contributed by atoms with van der Waals surface area (Å²) < 4.78 is 2.04. The van der Waals surface area contributed by atoms with E-state index in [1.165, 1.54) is 17.7 Å². The number of piperidine rings is 1. The highest BCUT2D eigenvalue weighted by molar-refractivity contribution is 7.13. The van der Waals surface area contributed by atoms with Gasteiger partial charge >= 0.3 is 0 Å². The Balaban J connectivity index is 1.42. The number of rotatable bonds is 3. The lowest BCUT2D eigenvalue weighted by molar-refractivity contribution is -0.924. The maximum absolute atomic E-state index is 13.1. The summed E-state index contributed by atoms with van der Waals surface area (Å²) in [7, 11) is 0. The standard InChI is InChI=1S/C23H21N3OS/c24-11-16-3-1-4-17(9-16)12-25-13-18-10-19(15-25)21-7-6-20(22-5-2-8-28-22)23(27)26(21)14-18/h1-9,18-19H,10,12-15H2/p+1/t18-,19+/m0/s1. The average Bonchev–Trinajstić information content (AvgIpc) is 3.23. The zero-order valence-corrected chi connectivity index (χ0v) is 16.4. The van der Waals surface area contributed by atoms with Crippen LogP contribution in [0.5, 0.6) is 0 Å². The molecule has 5 heteroatoms. The summed E-state index contributed by atoms with van der Waals surface area (Å²) in [5.74, 6) is 0.975. The van der Waals surface area contributed by atoms with Crippen LogP contribution in [0, 0.1) is 17.2 Å². The number of fused-ring (bicyclic) bond motifs is 4. The van der Waals surface area contributed by atoms with Crippen LogP contribution in [-0.2, 0) is 13.1 Å². The Morgan fingerprint density at radius 3 is 2.93 bits per heavy atom. The molecule has 4 heterocycles. The van der Waals surface area contributed by atoms with E-state index < -0.39 is 0 Å². The number of pyridine rings is 1. The molecule has 140 valence electrons. The lowest BCUT2D eigenvalue weighted by Gasteiger charge is -2.40. The third kappa shape index (κ3) is 3.09. The van der Waals surface area contributed by atoms with Crippen molar-refractivity contribution in [3.63, 3.8) is 0 Å². The molecule has 0 aliphatic carbocycles. The molecular weight excluding hydrogens is 366 g/mol. The Kier molecular flexibility index (Phi) is 4.38. The van der Waals surface area contributed by atoms with Crippen molar-refractivity contribution in [2.24, 2.45) is 5.92 Å². The number of nitrogens with zero attached hydrogens (tertiary/aromatic N) is 2. The van der Waals surface area contributed by atoms with E-state index in [9.17, 15) is 4.79 Å². The molecule has 5 rings (SSSR count). The zero-order valence-electron chi connectivity index (χ0n) is 15.6. The molecule has 0 spiro atoms. The predicted octanol–water partition coefficient (Wildman–Crippen LogP) is 2.65. The molecule has 4 nitrogen and oxygen atoms in total. The van der Waals surface area contributed by atoms with Gasteiger partial charge in [-0.05, 0) is 42.1 Å². The highest BCUT2D eigenvalue weighted by Gasteiger charge is 2.37. The molecule has 1 unspecified atom stereocenters. The normalized spacial score (nSPS) is 23.0. The first-order chi connectivity index (χ1) is 13.7. The first-order valence-electron chi connectivity index (χ1n) is 9.81. The number of aromatic nitrogens is 1. The number of thiophene rings is 1. The lowest BCUT2D eigenvalue weighted by Crippen LogP contribution is -3.13. The number of quaternary nitrogens is 1. The fourth-order valence-corrected chi connectivity index (χ4v) is 5.72. The Bertz CT molecular complexity index is 1110. The minimum absolute atomic E-state index is 0.167. The van der Waals surface area contributed by atoms with Crippen molar-refractivity contribution in [1.82, 2.24) is 4.57 Å². The van der Waals surface area contributed by atoms with Crippen LogP contribution in [0.15, 0.2) is 58.7 Å². The zero-order chi connectivity index (χ0) is 19.1.